The van der Waals surface area contributed by atoms with Crippen LogP contribution in [0.3, 0.4) is 0 Å². The fourth-order valence-electron chi connectivity index (χ4n) is 3.61. The molecular formula is C21H25N3O3S. The molecule has 2 aromatic rings. The molecule has 6 nitrogen and oxygen atoms in total. The molecule has 1 amide bonds. The van der Waals surface area contributed by atoms with Crippen molar-refractivity contribution in [2.75, 3.05) is 19.3 Å². The van der Waals surface area contributed by atoms with Gasteiger partial charge in [-0.3, -0.25) is 19.8 Å². The van der Waals surface area contributed by atoms with E-state index in [0.29, 0.717) is 6.54 Å². The van der Waals surface area contributed by atoms with Crippen molar-refractivity contribution in [3.8, 4) is 0 Å². The highest BCUT2D eigenvalue weighted by molar-refractivity contribution is 7.98. The van der Waals surface area contributed by atoms with Crippen molar-refractivity contribution < 1.29 is 9.72 Å². The molecule has 1 unspecified atom stereocenters. The summed E-state index contributed by atoms with van der Waals surface area (Å²) in [6.07, 6.45) is 5.18. The molecule has 1 atom stereocenters. The van der Waals surface area contributed by atoms with Gasteiger partial charge in [0.25, 0.3) is 11.6 Å². The van der Waals surface area contributed by atoms with Crippen molar-refractivity contribution in [3.05, 3.63) is 69.8 Å². The Kier molecular flexibility index (Phi) is 7.06. The van der Waals surface area contributed by atoms with E-state index in [1.165, 1.54) is 23.4 Å². The number of thioether (sulfide) groups is 1. The number of hydrogen-bond donors (Lipinski definition) is 1. The van der Waals surface area contributed by atoms with Gasteiger partial charge in [-0.15, -0.1) is 11.8 Å². The summed E-state index contributed by atoms with van der Waals surface area (Å²) < 4.78 is 0. The zero-order chi connectivity index (χ0) is 19.9. The van der Waals surface area contributed by atoms with Crippen LogP contribution < -0.4 is 5.32 Å². The molecule has 1 saturated heterocycles. The lowest BCUT2D eigenvalue weighted by Crippen LogP contribution is -2.46. The maximum Gasteiger partial charge on any atom is 0.282 e. The Balaban J connectivity index is 1.68. The fraction of sp³-hybridized carbons (Fsp3) is 0.381. The number of nitro groups is 1. The summed E-state index contributed by atoms with van der Waals surface area (Å²) in [5.74, 6) is -0.382. The predicted molar refractivity (Wildman–Crippen MR) is 112 cm³/mol. The molecule has 1 aliphatic rings. The van der Waals surface area contributed by atoms with Gasteiger partial charge in [0.1, 0.15) is 5.56 Å². The van der Waals surface area contributed by atoms with Crippen LogP contribution in [0.1, 0.15) is 35.2 Å². The number of nitro benzene ring substituents is 1. The first-order valence-corrected chi connectivity index (χ1v) is 10.7. The second-order valence-electron chi connectivity index (χ2n) is 6.96. The molecule has 7 heteroatoms. The molecule has 1 heterocycles. The number of rotatable bonds is 7. The van der Waals surface area contributed by atoms with Crippen LogP contribution >= 0.6 is 11.8 Å². The molecule has 3 rings (SSSR count). The van der Waals surface area contributed by atoms with E-state index in [1.54, 1.807) is 12.1 Å². The van der Waals surface area contributed by atoms with Crippen LogP contribution in [0.25, 0.3) is 0 Å². The lowest BCUT2D eigenvalue weighted by atomic mass is 10.0. The molecule has 1 fully saturated rings. The number of hydrogen-bond acceptors (Lipinski definition) is 5. The van der Waals surface area contributed by atoms with E-state index in [4.69, 9.17) is 0 Å². The highest BCUT2D eigenvalue weighted by atomic mass is 32.2. The number of nitrogens with zero attached hydrogens (tertiary/aromatic N) is 2. The monoisotopic (exact) mass is 399 g/mol. The number of piperidine rings is 1. The molecule has 0 radical (unpaired) electrons. The predicted octanol–water partition coefficient (Wildman–Crippen LogP) is 4.10. The van der Waals surface area contributed by atoms with E-state index in [0.717, 1.165) is 37.2 Å². The van der Waals surface area contributed by atoms with E-state index >= 15 is 0 Å². The summed E-state index contributed by atoms with van der Waals surface area (Å²) >= 11 is 1.46. The third-order valence-electron chi connectivity index (χ3n) is 5.12. The first kappa shape index (κ1) is 20.4. The molecular weight excluding hydrogens is 374 g/mol. The number of carbonyl (C=O) groups excluding carboxylic acids is 1. The third kappa shape index (κ3) is 5.11. The second-order valence-corrected chi connectivity index (χ2v) is 7.84. The maximum atomic E-state index is 12.7. The first-order chi connectivity index (χ1) is 13.6. The molecule has 1 N–H and O–H groups in total. The van der Waals surface area contributed by atoms with E-state index < -0.39 is 4.92 Å². The van der Waals surface area contributed by atoms with Crippen LogP contribution in [0.4, 0.5) is 5.69 Å². The maximum absolute atomic E-state index is 12.7. The Morgan fingerprint density at radius 3 is 2.75 bits per heavy atom. The minimum absolute atomic E-state index is 0.127. The summed E-state index contributed by atoms with van der Waals surface area (Å²) in [5, 5.41) is 14.2. The van der Waals surface area contributed by atoms with Crippen LogP contribution in [-0.4, -0.2) is 41.1 Å². The van der Waals surface area contributed by atoms with E-state index in [9.17, 15) is 14.9 Å². The summed E-state index contributed by atoms with van der Waals surface area (Å²) in [7, 11) is 0. The average Bonchev–Trinajstić information content (AvgIpc) is 2.73. The van der Waals surface area contributed by atoms with Crippen molar-refractivity contribution in [1.82, 2.24) is 10.2 Å². The van der Waals surface area contributed by atoms with Gasteiger partial charge in [-0.05, 0) is 43.3 Å². The molecule has 148 valence electrons. The zero-order valence-corrected chi connectivity index (χ0v) is 16.8. The van der Waals surface area contributed by atoms with Crippen LogP contribution in [0.5, 0.6) is 0 Å². The van der Waals surface area contributed by atoms with Crippen molar-refractivity contribution >= 4 is 23.4 Å². The molecule has 0 bridgehead atoms. The SMILES string of the molecule is CSc1ccc([N+](=O)[O-])c(C(=O)NCC2CCCCN2Cc2ccccc2)c1. The highest BCUT2D eigenvalue weighted by Crippen LogP contribution is 2.25. The quantitative estimate of drug-likeness (QED) is 0.431. The number of benzene rings is 2. The summed E-state index contributed by atoms with van der Waals surface area (Å²) in [6, 6.07) is 15.2. The van der Waals surface area contributed by atoms with Gasteiger partial charge in [-0.2, -0.15) is 0 Å². The summed E-state index contributed by atoms with van der Waals surface area (Å²) in [5.41, 5.74) is 1.23. The standard InChI is InChI=1S/C21H25N3O3S/c1-28-18-10-11-20(24(26)27)19(13-18)21(25)22-14-17-9-5-6-12-23(17)15-16-7-3-2-4-8-16/h2-4,7-8,10-11,13,17H,5-6,9,12,14-15H2,1H3,(H,22,25). The lowest BCUT2D eigenvalue weighted by Gasteiger charge is -2.35. The van der Waals surface area contributed by atoms with Gasteiger partial charge in [0.05, 0.1) is 4.92 Å². The average molecular weight is 400 g/mol. The zero-order valence-electron chi connectivity index (χ0n) is 16.0. The highest BCUT2D eigenvalue weighted by Gasteiger charge is 2.25. The van der Waals surface area contributed by atoms with Gasteiger partial charge in [-0.1, -0.05) is 36.8 Å². The normalized spacial score (nSPS) is 17.2. The Morgan fingerprint density at radius 2 is 2.04 bits per heavy atom. The summed E-state index contributed by atoms with van der Waals surface area (Å²) in [6.45, 7) is 2.34. The molecule has 1 aliphatic heterocycles. The number of carbonyl (C=O) groups is 1. The molecule has 0 aliphatic carbocycles. The van der Waals surface area contributed by atoms with Gasteiger partial charge in [0.15, 0.2) is 0 Å². The Labute approximate surface area is 169 Å². The lowest BCUT2D eigenvalue weighted by molar-refractivity contribution is -0.385. The fourth-order valence-corrected chi connectivity index (χ4v) is 4.05. The van der Waals surface area contributed by atoms with Gasteiger partial charge >= 0.3 is 0 Å². The van der Waals surface area contributed by atoms with Crippen LogP contribution in [0.2, 0.25) is 0 Å². The molecule has 0 spiro atoms. The first-order valence-electron chi connectivity index (χ1n) is 9.47. The van der Waals surface area contributed by atoms with Gasteiger partial charge in [-0.25, -0.2) is 0 Å². The Bertz CT molecular complexity index is 829. The molecule has 2 aromatic carbocycles. The topological polar surface area (TPSA) is 75.5 Å². The Hall–Kier alpha value is -2.38. The van der Waals surface area contributed by atoms with E-state index in [1.807, 2.05) is 24.5 Å². The van der Waals surface area contributed by atoms with Crippen molar-refractivity contribution in [1.29, 1.82) is 0 Å². The second kappa shape index (κ2) is 9.71. The van der Waals surface area contributed by atoms with E-state index in [2.05, 4.69) is 22.3 Å². The van der Waals surface area contributed by atoms with Gasteiger partial charge < -0.3 is 5.32 Å². The molecule has 0 aromatic heterocycles. The van der Waals surface area contributed by atoms with Crippen LogP contribution in [0.15, 0.2) is 53.4 Å². The minimum atomic E-state index is -0.499. The van der Waals surface area contributed by atoms with Gasteiger partial charge in [0.2, 0.25) is 0 Å². The van der Waals surface area contributed by atoms with Crippen LogP contribution in [0, 0.1) is 10.1 Å². The van der Waals surface area contributed by atoms with Crippen LogP contribution in [-0.2, 0) is 6.54 Å². The molecule has 0 saturated carbocycles. The van der Waals surface area contributed by atoms with Gasteiger partial charge in [0, 0.05) is 30.1 Å². The number of likely N-dealkylation sites (tertiary alicyclic amines) is 1. The minimum Gasteiger partial charge on any atom is -0.350 e. The summed E-state index contributed by atoms with van der Waals surface area (Å²) in [4.78, 5) is 26.7. The number of amides is 1. The third-order valence-corrected chi connectivity index (χ3v) is 5.85. The van der Waals surface area contributed by atoms with Crippen molar-refractivity contribution in [2.45, 2.75) is 36.7 Å². The van der Waals surface area contributed by atoms with Crippen molar-refractivity contribution in [2.24, 2.45) is 0 Å². The van der Waals surface area contributed by atoms with E-state index in [-0.39, 0.29) is 23.2 Å². The number of nitrogens with one attached hydrogen (secondary N) is 1. The van der Waals surface area contributed by atoms with Crippen molar-refractivity contribution in [3.63, 3.8) is 0 Å². The Morgan fingerprint density at radius 1 is 1.25 bits per heavy atom. The largest absolute Gasteiger partial charge is 0.350 e. The molecule has 28 heavy (non-hydrogen) atoms. The smallest absolute Gasteiger partial charge is 0.282 e.